The molecule has 116 valence electrons. The molecular weight excluding hydrogens is 274 g/mol. The summed E-state index contributed by atoms with van der Waals surface area (Å²) in [6, 6.07) is 18.0. The first-order valence-electron chi connectivity index (χ1n) is 8.04. The highest BCUT2D eigenvalue weighted by Gasteiger charge is 2.13. The van der Waals surface area contributed by atoms with Gasteiger partial charge in [-0.15, -0.1) is 0 Å². The summed E-state index contributed by atoms with van der Waals surface area (Å²) in [4.78, 5) is 2.42. The zero-order chi connectivity index (χ0) is 15.2. The molecule has 3 nitrogen and oxygen atoms in total. The van der Waals surface area contributed by atoms with E-state index in [1.165, 1.54) is 24.9 Å². The minimum Gasteiger partial charge on any atom is -0.483 e. The molecule has 1 aliphatic rings. The van der Waals surface area contributed by atoms with E-state index < -0.39 is 0 Å². The first-order chi connectivity index (χ1) is 10.9. The molecular formula is C19H23NO2. The number of anilines is 1. The second-order valence-electron chi connectivity index (χ2n) is 5.74. The number of hydrogen-bond acceptors (Lipinski definition) is 3. The zero-order valence-electron chi connectivity index (χ0n) is 12.8. The molecule has 1 heterocycles. The molecule has 0 aliphatic carbocycles. The highest BCUT2D eigenvalue weighted by Crippen LogP contribution is 2.26. The Kier molecular flexibility index (Phi) is 4.96. The van der Waals surface area contributed by atoms with Crippen molar-refractivity contribution in [3.8, 4) is 5.75 Å². The Bertz CT molecular complexity index is 562. The second-order valence-corrected chi connectivity index (χ2v) is 5.74. The minimum atomic E-state index is -0.318. The van der Waals surface area contributed by atoms with Crippen LogP contribution in [0.15, 0.2) is 54.6 Å². The lowest BCUT2D eigenvalue weighted by Crippen LogP contribution is -2.29. The lowest BCUT2D eigenvalue weighted by Gasteiger charge is -2.29. The Labute approximate surface area is 132 Å². The Balaban J connectivity index is 1.67. The number of benzene rings is 2. The molecule has 1 N–H and O–H groups in total. The number of ether oxygens (including phenoxy) is 1. The summed E-state index contributed by atoms with van der Waals surface area (Å²) >= 11 is 0. The predicted octanol–water partition coefficient (Wildman–Crippen LogP) is 3.79. The lowest BCUT2D eigenvalue weighted by molar-refractivity contribution is 0.116. The Hall–Kier alpha value is -2.00. The number of nitrogens with zero attached hydrogens (tertiary/aromatic N) is 1. The Morgan fingerprint density at radius 3 is 2.23 bits per heavy atom. The largest absolute Gasteiger partial charge is 0.483 e. The molecule has 2 aromatic rings. The van der Waals surface area contributed by atoms with Gasteiger partial charge in [-0.05, 0) is 49.1 Å². The van der Waals surface area contributed by atoms with Crippen LogP contribution in [0.5, 0.6) is 5.75 Å². The molecule has 3 rings (SSSR count). The monoisotopic (exact) mass is 297 g/mol. The van der Waals surface area contributed by atoms with Crippen molar-refractivity contribution in [3.63, 3.8) is 0 Å². The van der Waals surface area contributed by atoms with Crippen LogP contribution in [-0.4, -0.2) is 24.8 Å². The average Bonchev–Trinajstić information content (AvgIpc) is 2.62. The van der Waals surface area contributed by atoms with Gasteiger partial charge in [-0.3, -0.25) is 0 Å². The summed E-state index contributed by atoms with van der Waals surface area (Å²) in [5, 5.41) is 9.57. The molecule has 1 fully saturated rings. The van der Waals surface area contributed by atoms with Crippen molar-refractivity contribution in [2.24, 2.45) is 0 Å². The van der Waals surface area contributed by atoms with E-state index in [-0.39, 0.29) is 12.7 Å². The van der Waals surface area contributed by atoms with Gasteiger partial charge in [0.1, 0.15) is 11.9 Å². The standard InChI is InChI=1S/C19H23NO2/c21-15-19(16-7-3-1-4-8-16)22-18-11-9-17(10-12-18)20-13-5-2-6-14-20/h1,3-4,7-12,19,21H,2,5-6,13-15H2. The van der Waals surface area contributed by atoms with E-state index in [1.807, 2.05) is 42.5 Å². The lowest BCUT2D eigenvalue weighted by atomic mass is 10.1. The molecule has 0 amide bonds. The predicted molar refractivity (Wildman–Crippen MR) is 89.4 cm³/mol. The minimum absolute atomic E-state index is 0.0299. The molecule has 1 aliphatic heterocycles. The number of hydrogen-bond donors (Lipinski definition) is 1. The van der Waals surface area contributed by atoms with E-state index in [2.05, 4.69) is 17.0 Å². The summed E-state index contributed by atoms with van der Waals surface area (Å²) in [6.45, 7) is 2.25. The van der Waals surface area contributed by atoms with E-state index >= 15 is 0 Å². The molecule has 0 bridgehead atoms. The van der Waals surface area contributed by atoms with Gasteiger partial charge in [-0.25, -0.2) is 0 Å². The van der Waals surface area contributed by atoms with Crippen LogP contribution < -0.4 is 9.64 Å². The maximum Gasteiger partial charge on any atom is 0.147 e. The van der Waals surface area contributed by atoms with Crippen LogP contribution in [0.4, 0.5) is 5.69 Å². The van der Waals surface area contributed by atoms with Gasteiger partial charge in [0.25, 0.3) is 0 Å². The smallest absolute Gasteiger partial charge is 0.147 e. The fraction of sp³-hybridized carbons (Fsp3) is 0.368. The van der Waals surface area contributed by atoms with Gasteiger partial charge < -0.3 is 14.7 Å². The van der Waals surface area contributed by atoms with Gasteiger partial charge in [0.2, 0.25) is 0 Å². The highest BCUT2D eigenvalue weighted by atomic mass is 16.5. The normalized spacial score (nSPS) is 16.3. The van der Waals surface area contributed by atoms with Crippen LogP contribution in [0.25, 0.3) is 0 Å². The van der Waals surface area contributed by atoms with E-state index in [1.54, 1.807) is 0 Å². The molecule has 0 spiro atoms. The van der Waals surface area contributed by atoms with Gasteiger partial charge in [0, 0.05) is 18.8 Å². The third kappa shape index (κ3) is 3.60. The molecule has 2 aromatic carbocycles. The van der Waals surface area contributed by atoms with Crippen LogP contribution in [0.1, 0.15) is 30.9 Å². The van der Waals surface area contributed by atoms with Crippen LogP contribution in [0.2, 0.25) is 0 Å². The summed E-state index contributed by atoms with van der Waals surface area (Å²) in [6.07, 6.45) is 3.58. The van der Waals surface area contributed by atoms with Crippen molar-refractivity contribution in [2.45, 2.75) is 25.4 Å². The third-order valence-electron chi connectivity index (χ3n) is 4.17. The van der Waals surface area contributed by atoms with Crippen molar-refractivity contribution in [3.05, 3.63) is 60.2 Å². The second kappa shape index (κ2) is 7.32. The molecule has 22 heavy (non-hydrogen) atoms. The third-order valence-corrected chi connectivity index (χ3v) is 4.17. The number of piperidine rings is 1. The molecule has 0 radical (unpaired) electrons. The van der Waals surface area contributed by atoms with Crippen molar-refractivity contribution >= 4 is 5.69 Å². The van der Waals surface area contributed by atoms with Crippen LogP contribution in [0, 0.1) is 0 Å². The van der Waals surface area contributed by atoms with Crippen LogP contribution in [-0.2, 0) is 0 Å². The quantitative estimate of drug-likeness (QED) is 0.911. The van der Waals surface area contributed by atoms with Gasteiger partial charge >= 0.3 is 0 Å². The number of rotatable bonds is 5. The van der Waals surface area contributed by atoms with Gasteiger partial charge in [-0.2, -0.15) is 0 Å². The SMILES string of the molecule is OCC(Oc1ccc(N2CCCCC2)cc1)c1ccccc1. The summed E-state index contributed by atoms with van der Waals surface area (Å²) in [5.74, 6) is 0.795. The maximum atomic E-state index is 9.57. The summed E-state index contributed by atoms with van der Waals surface area (Å²) < 4.78 is 5.92. The van der Waals surface area contributed by atoms with E-state index in [4.69, 9.17) is 4.74 Å². The average molecular weight is 297 g/mol. The van der Waals surface area contributed by atoms with E-state index in [0.717, 1.165) is 24.4 Å². The summed E-state index contributed by atoms with van der Waals surface area (Å²) in [7, 11) is 0. The fourth-order valence-electron chi connectivity index (χ4n) is 2.93. The molecule has 1 unspecified atom stereocenters. The van der Waals surface area contributed by atoms with E-state index in [0.29, 0.717) is 0 Å². The van der Waals surface area contributed by atoms with Crippen molar-refractivity contribution < 1.29 is 9.84 Å². The maximum absolute atomic E-state index is 9.57. The molecule has 0 saturated carbocycles. The first kappa shape index (κ1) is 14.9. The van der Waals surface area contributed by atoms with Crippen LogP contribution >= 0.6 is 0 Å². The van der Waals surface area contributed by atoms with Crippen molar-refractivity contribution in [1.29, 1.82) is 0 Å². The molecule has 1 atom stereocenters. The van der Waals surface area contributed by atoms with Crippen molar-refractivity contribution in [2.75, 3.05) is 24.6 Å². The molecule has 0 aromatic heterocycles. The Morgan fingerprint density at radius 2 is 1.59 bits per heavy atom. The van der Waals surface area contributed by atoms with Gasteiger partial charge in [0.05, 0.1) is 6.61 Å². The first-order valence-corrected chi connectivity index (χ1v) is 8.04. The van der Waals surface area contributed by atoms with Crippen LogP contribution in [0.3, 0.4) is 0 Å². The van der Waals surface area contributed by atoms with E-state index in [9.17, 15) is 5.11 Å². The zero-order valence-corrected chi connectivity index (χ0v) is 12.8. The topological polar surface area (TPSA) is 32.7 Å². The van der Waals surface area contributed by atoms with Gasteiger partial charge in [-0.1, -0.05) is 30.3 Å². The molecule has 1 saturated heterocycles. The highest BCUT2D eigenvalue weighted by molar-refractivity contribution is 5.49. The number of aliphatic hydroxyl groups excluding tert-OH is 1. The molecule has 3 heteroatoms. The Morgan fingerprint density at radius 1 is 0.909 bits per heavy atom. The van der Waals surface area contributed by atoms with Crippen molar-refractivity contribution in [1.82, 2.24) is 0 Å². The summed E-state index contributed by atoms with van der Waals surface area (Å²) in [5.41, 5.74) is 2.25. The van der Waals surface area contributed by atoms with Gasteiger partial charge in [0.15, 0.2) is 0 Å². The fourth-order valence-corrected chi connectivity index (χ4v) is 2.93. The number of aliphatic hydroxyl groups is 1.